The Morgan fingerprint density at radius 1 is 1.13 bits per heavy atom. The summed E-state index contributed by atoms with van der Waals surface area (Å²) < 4.78 is 13.6. The molecule has 4 rings (SSSR count). The molecule has 0 unspecified atom stereocenters. The van der Waals surface area contributed by atoms with Crippen LogP contribution < -0.4 is 14.9 Å². The number of nitrogens with one attached hydrogen (secondary N) is 1. The minimum Gasteiger partial charge on any atom is -0.490 e. The van der Waals surface area contributed by atoms with E-state index in [1.807, 2.05) is 71.6 Å². The second-order valence-corrected chi connectivity index (χ2v) is 7.42. The highest BCUT2D eigenvalue weighted by Gasteiger charge is 2.07. The summed E-state index contributed by atoms with van der Waals surface area (Å²) in [5, 5.41) is 7.06. The Morgan fingerprint density at radius 2 is 2.03 bits per heavy atom. The van der Waals surface area contributed by atoms with Crippen LogP contribution >= 0.6 is 11.3 Å². The first-order chi connectivity index (χ1) is 15.3. The van der Waals surface area contributed by atoms with Crippen LogP contribution in [0.25, 0.3) is 11.3 Å². The van der Waals surface area contributed by atoms with Gasteiger partial charge in [-0.1, -0.05) is 30.3 Å². The van der Waals surface area contributed by atoms with Gasteiger partial charge in [-0.3, -0.25) is 5.43 Å². The fourth-order valence-electron chi connectivity index (χ4n) is 2.90. The van der Waals surface area contributed by atoms with E-state index in [9.17, 15) is 0 Å². The highest BCUT2D eigenvalue weighted by Crippen LogP contribution is 2.28. The molecule has 0 aliphatic heterocycles. The number of imidazole rings is 1. The molecule has 7 nitrogen and oxygen atoms in total. The zero-order chi connectivity index (χ0) is 21.3. The maximum absolute atomic E-state index is 5.89. The van der Waals surface area contributed by atoms with Crippen LogP contribution in [0, 0.1) is 0 Å². The van der Waals surface area contributed by atoms with Gasteiger partial charge in [0, 0.05) is 23.3 Å². The third-order valence-corrected chi connectivity index (χ3v) is 5.13. The molecule has 2 aromatic heterocycles. The lowest BCUT2D eigenvalue weighted by molar-refractivity contribution is 0.266. The van der Waals surface area contributed by atoms with E-state index in [-0.39, 0.29) is 0 Å². The van der Waals surface area contributed by atoms with E-state index in [0.29, 0.717) is 24.7 Å². The molecule has 0 fully saturated rings. The molecule has 0 saturated heterocycles. The lowest BCUT2D eigenvalue weighted by Crippen LogP contribution is -2.07. The summed E-state index contributed by atoms with van der Waals surface area (Å²) in [4.78, 5) is 8.60. The van der Waals surface area contributed by atoms with Crippen molar-refractivity contribution in [2.75, 3.05) is 18.6 Å². The predicted molar refractivity (Wildman–Crippen MR) is 124 cm³/mol. The van der Waals surface area contributed by atoms with Crippen molar-refractivity contribution in [3.05, 3.63) is 78.2 Å². The minimum absolute atomic E-state index is 0.527. The van der Waals surface area contributed by atoms with Crippen molar-refractivity contribution in [3.8, 4) is 22.8 Å². The summed E-state index contributed by atoms with van der Waals surface area (Å²) in [5.74, 6) is 1.40. The largest absolute Gasteiger partial charge is 0.490 e. The van der Waals surface area contributed by atoms with E-state index in [1.165, 1.54) is 11.3 Å². The first-order valence-electron chi connectivity index (χ1n) is 9.97. The van der Waals surface area contributed by atoms with Crippen molar-refractivity contribution in [1.82, 2.24) is 14.5 Å². The highest BCUT2D eigenvalue weighted by molar-refractivity contribution is 7.14. The van der Waals surface area contributed by atoms with Gasteiger partial charge in [0.2, 0.25) is 5.13 Å². The third-order valence-electron chi connectivity index (χ3n) is 4.38. The van der Waals surface area contributed by atoms with Gasteiger partial charge in [-0.25, -0.2) is 9.97 Å². The average Bonchev–Trinajstić information content (AvgIpc) is 3.48. The minimum atomic E-state index is 0.527. The van der Waals surface area contributed by atoms with Crippen molar-refractivity contribution in [1.29, 1.82) is 0 Å². The van der Waals surface area contributed by atoms with Crippen LogP contribution in [-0.2, 0) is 6.54 Å². The Morgan fingerprint density at radius 3 is 2.84 bits per heavy atom. The molecule has 1 N–H and O–H groups in total. The number of hydrazone groups is 1. The van der Waals surface area contributed by atoms with Crippen molar-refractivity contribution in [2.45, 2.75) is 13.5 Å². The topological polar surface area (TPSA) is 73.6 Å². The molecule has 0 spiro atoms. The van der Waals surface area contributed by atoms with Crippen LogP contribution in [0.3, 0.4) is 0 Å². The normalized spacial score (nSPS) is 11.0. The summed E-state index contributed by atoms with van der Waals surface area (Å²) in [6.45, 7) is 3.75. The SMILES string of the molecule is CCOc1cc(C=NNc2nc(-c3ccccc3)cs2)ccc1OCCn1ccnc1. The third kappa shape index (κ3) is 5.70. The molecule has 158 valence electrons. The number of ether oxygens (including phenoxy) is 2. The van der Waals surface area contributed by atoms with E-state index in [2.05, 4.69) is 20.5 Å². The van der Waals surface area contributed by atoms with Gasteiger partial charge in [0.25, 0.3) is 0 Å². The Kier molecular flexibility index (Phi) is 6.92. The van der Waals surface area contributed by atoms with E-state index in [0.717, 1.165) is 28.5 Å². The fraction of sp³-hybridized carbons (Fsp3) is 0.174. The highest BCUT2D eigenvalue weighted by atomic mass is 32.1. The second kappa shape index (κ2) is 10.4. The fourth-order valence-corrected chi connectivity index (χ4v) is 3.57. The molecular formula is C23H23N5O2S. The molecule has 0 radical (unpaired) electrons. The average molecular weight is 434 g/mol. The molecule has 2 heterocycles. The maximum Gasteiger partial charge on any atom is 0.203 e. The van der Waals surface area contributed by atoms with E-state index in [4.69, 9.17) is 9.47 Å². The first-order valence-corrected chi connectivity index (χ1v) is 10.8. The Hall–Kier alpha value is -3.65. The van der Waals surface area contributed by atoms with Gasteiger partial charge in [-0.05, 0) is 30.7 Å². The number of thiazole rings is 1. The van der Waals surface area contributed by atoms with Crippen LogP contribution in [0.2, 0.25) is 0 Å². The first kappa shape index (κ1) is 20.6. The van der Waals surface area contributed by atoms with Gasteiger partial charge in [-0.2, -0.15) is 5.10 Å². The van der Waals surface area contributed by atoms with Crippen LogP contribution in [-0.4, -0.2) is 34.0 Å². The van der Waals surface area contributed by atoms with Crippen molar-refractivity contribution in [2.24, 2.45) is 5.10 Å². The Labute approximate surface area is 185 Å². The monoisotopic (exact) mass is 433 g/mol. The number of aromatic nitrogens is 3. The van der Waals surface area contributed by atoms with Crippen molar-refractivity contribution < 1.29 is 9.47 Å². The standard InChI is InChI=1S/C23H23N5O2S/c1-2-29-22-14-18(8-9-21(22)30-13-12-28-11-10-24-17-28)15-25-27-23-26-20(16-31-23)19-6-4-3-5-7-19/h3-11,14-17H,2,12-13H2,1H3,(H,26,27). The molecule has 4 aromatic rings. The van der Waals surface area contributed by atoms with Crippen LogP contribution in [0.4, 0.5) is 5.13 Å². The van der Waals surface area contributed by atoms with E-state index in [1.54, 1.807) is 18.7 Å². The molecule has 0 atom stereocenters. The molecule has 0 saturated carbocycles. The molecule has 0 amide bonds. The predicted octanol–water partition coefficient (Wildman–Crippen LogP) is 4.93. The molecule has 2 aromatic carbocycles. The van der Waals surface area contributed by atoms with Gasteiger partial charge in [0.15, 0.2) is 11.5 Å². The summed E-state index contributed by atoms with van der Waals surface area (Å²) in [6, 6.07) is 15.8. The molecular weight excluding hydrogens is 410 g/mol. The summed E-state index contributed by atoms with van der Waals surface area (Å²) in [7, 11) is 0. The smallest absolute Gasteiger partial charge is 0.203 e. The molecule has 0 bridgehead atoms. The number of rotatable bonds is 10. The van der Waals surface area contributed by atoms with E-state index < -0.39 is 0 Å². The number of anilines is 1. The van der Waals surface area contributed by atoms with E-state index >= 15 is 0 Å². The zero-order valence-corrected chi connectivity index (χ0v) is 18.0. The summed E-state index contributed by atoms with van der Waals surface area (Å²) in [5.41, 5.74) is 5.91. The van der Waals surface area contributed by atoms with Crippen LogP contribution in [0.15, 0.2) is 77.7 Å². The quantitative estimate of drug-likeness (QED) is 0.284. The van der Waals surface area contributed by atoms with Gasteiger partial charge >= 0.3 is 0 Å². The number of nitrogens with zero attached hydrogens (tertiary/aromatic N) is 4. The number of benzene rings is 2. The lowest BCUT2D eigenvalue weighted by Gasteiger charge is -2.12. The molecule has 8 heteroatoms. The lowest BCUT2D eigenvalue weighted by atomic mass is 10.2. The van der Waals surface area contributed by atoms with Crippen molar-refractivity contribution in [3.63, 3.8) is 0 Å². The van der Waals surface area contributed by atoms with Gasteiger partial charge in [-0.15, -0.1) is 11.3 Å². The van der Waals surface area contributed by atoms with Gasteiger partial charge in [0.05, 0.1) is 31.4 Å². The van der Waals surface area contributed by atoms with Gasteiger partial charge in [0.1, 0.15) is 6.61 Å². The number of hydrogen-bond acceptors (Lipinski definition) is 7. The Balaban J connectivity index is 1.37. The van der Waals surface area contributed by atoms with Crippen LogP contribution in [0.5, 0.6) is 11.5 Å². The molecule has 0 aliphatic rings. The molecule has 31 heavy (non-hydrogen) atoms. The second-order valence-electron chi connectivity index (χ2n) is 6.56. The van der Waals surface area contributed by atoms with Gasteiger partial charge < -0.3 is 14.0 Å². The van der Waals surface area contributed by atoms with Crippen molar-refractivity contribution >= 4 is 22.7 Å². The summed E-state index contributed by atoms with van der Waals surface area (Å²) in [6.07, 6.45) is 7.17. The maximum atomic E-state index is 5.89. The van der Waals surface area contributed by atoms with Crippen LogP contribution in [0.1, 0.15) is 12.5 Å². The summed E-state index contributed by atoms with van der Waals surface area (Å²) >= 11 is 1.51. The number of hydrogen-bond donors (Lipinski definition) is 1. The Bertz CT molecular complexity index is 1110. The zero-order valence-electron chi connectivity index (χ0n) is 17.1. The molecule has 0 aliphatic carbocycles.